The molecule has 0 aliphatic carbocycles. The Morgan fingerprint density at radius 3 is 2.88 bits per heavy atom. The summed E-state index contributed by atoms with van der Waals surface area (Å²) in [5, 5.41) is 3.35. The molecule has 0 bridgehead atoms. The van der Waals surface area contributed by atoms with Crippen LogP contribution in [0.3, 0.4) is 0 Å². The van der Waals surface area contributed by atoms with E-state index in [-0.39, 0.29) is 0 Å². The van der Waals surface area contributed by atoms with Crippen molar-refractivity contribution in [3.8, 4) is 0 Å². The Kier molecular flexibility index (Phi) is 1.69. The summed E-state index contributed by atoms with van der Waals surface area (Å²) in [6, 6.07) is 0.663. The van der Waals surface area contributed by atoms with Gasteiger partial charge in [0.15, 0.2) is 0 Å². The zero-order chi connectivity index (χ0) is 5.98. The molecule has 1 saturated heterocycles. The molecular formula is C7H13N. The first-order valence-corrected chi connectivity index (χ1v) is 3.19. The minimum absolute atomic E-state index is 0.663. The van der Waals surface area contributed by atoms with E-state index in [0.29, 0.717) is 6.04 Å². The molecule has 1 N–H and O–H groups in total. The lowest BCUT2D eigenvalue weighted by Crippen LogP contribution is -2.31. The second-order valence-corrected chi connectivity index (χ2v) is 2.56. The van der Waals surface area contributed by atoms with Crippen LogP contribution < -0.4 is 5.32 Å². The van der Waals surface area contributed by atoms with Gasteiger partial charge in [0.1, 0.15) is 0 Å². The molecule has 1 heteroatoms. The average Bonchev–Trinajstić information content (AvgIpc) is 1.64. The SMILES string of the molecule is C=C1CCNC(C)C1. The van der Waals surface area contributed by atoms with Crippen molar-refractivity contribution < 1.29 is 0 Å². The molecule has 1 fully saturated rings. The molecule has 1 heterocycles. The molecule has 0 aromatic carbocycles. The van der Waals surface area contributed by atoms with Crippen molar-refractivity contribution in [1.82, 2.24) is 5.32 Å². The third-order valence-corrected chi connectivity index (χ3v) is 1.57. The lowest BCUT2D eigenvalue weighted by Gasteiger charge is -2.20. The van der Waals surface area contributed by atoms with Gasteiger partial charge in [-0.3, -0.25) is 0 Å². The van der Waals surface area contributed by atoms with Gasteiger partial charge in [0.2, 0.25) is 0 Å². The molecular weight excluding hydrogens is 98.1 g/mol. The fourth-order valence-corrected chi connectivity index (χ4v) is 1.10. The van der Waals surface area contributed by atoms with Gasteiger partial charge >= 0.3 is 0 Å². The summed E-state index contributed by atoms with van der Waals surface area (Å²) < 4.78 is 0. The predicted octanol–water partition coefficient (Wildman–Crippen LogP) is 1.31. The van der Waals surface area contributed by atoms with E-state index in [1.54, 1.807) is 0 Å². The number of hydrogen-bond acceptors (Lipinski definition) is 1. The summed E-state index contributed by atoms with van der Waals surface area (Å²) in [4.78, 5) is 0. The van der Waals surface area contributed by atoms with Crippen LogP contribution in [0.1, 0.15) is 19.8 Å². The van der Waals surface area contributed by atoms with Crippen molar-refractivity contribution in [3.05, 3.63) is 12.2 Å². The van der Waals surface area contributed by atoms with Gasteiger partial charge in [0.25, 0.3) is 0 Å². The summed E-state index contributed by atoms with van der Waals surface area (Å²) in [6.45, 7) is 7.25. The lowest BCUT2D eigenvalue weighted by atomic mass is 10.0. The quantitative estimate of drug-likeness (QED) is 0.465. The van der Waals surface area contributed by atoms with Gasteiger partial charge in [-0.25, -0.2) is 0 Å². The number of rotatable bonds is 0. The molecule has 0 aromatic rings. The van der Waals surface area contributed by atoms with E-state index in [1.807, 2.05) is 0 Å². The molecule has 1 nitrogen and oxygen atoms in total. The van der Waals surface area contributed by atoms with Crippen molar-refractivity contribution in [2.75, 3.05) is 6.54 Å². The number of hydrogen-bond donors (Lipinski definition) is 1. The molecule has 0 spiro atoms. The molecule has 0 amide bonds. The normalized spacial score (nSPS) is 30.6. The van der Waals surface area contributed by atoms with Crippen LogP contribution in [0.2, 0.25) is 0 Å². The summed E-state index contributed by atoms with van der Waals surface area (Å²) in [5.41, 5.74) is 1.40. The third kappa shape index (κ3) is 1.34. The largest absolute Gasteiger partial charge is 0.314 e. The first-order valence-electron chi connectivity index (χ1n) is 3.19. The summed E-state index contributed by atoms with van der Waals surface area (Å²) in [6.07, 6.45) is 2.34. The smallest absolute Gasteiger partial charge is 0.00759 e. The van der Waals surface area contributed by atoms with Gasteiger partial charge in [-0.15, -0.1) is 0 Å². The number of nitrogens with one attached hydrogen (secondary N) is 1. The maximum atomic E-state index is 3.92. The zero-order valence-corrected chi connectivity index (χ0v) is 5.41. The van der Waals surface area contributed by atoms with Crippen LogP contribution in [0.5, 0.6) is 0 Å². The van der Waals surface area contributed by atoms with Crippen molar-refractivity contribution >= 4 is 0 Å². The minimum Gasteiger partial charge on any atom is -0.314 e. The minimum atomic E-state index is 0.663. The second kappa shape index (κ2) is 2.31. The van der Waals surface area contributed by atoms with Crippen LogP contribution in [0.25, 0.3) is 0 Å². The maximum Gasteiger partial charge on any atom is 0.00759 e. The average molecular weight is 111 g/mol. The maximum absolute atomic E-state index is 3.92. The van der Waals surface area contributed by atoms with Crippen molar-refractivity contribution in [2.45, 2.75) is 25.8 Å². The molecule has 1 aliphatic rings. The number of piperidine rings is 1. The van der Waals surface area contributed by atoms with E-state index in [4.69, 9.17) is 0 Å². The second-order valence-electron chi connectivity index (χ2n) is 2.56. The van der Waals surface area contributed by atoms with Gasteiger partial charge in [-0.2, -0.15) is 0 Å². The Bertz CT molecular complexity index is 96.6. The van der Waals surface area contributed by atoms with Crippen molar-refractivity contribution in [3.63, 3.8) is 0 Å². The highest BCUT2D eigenvalue weighted by Gasteiger charge is 2.08. The Labute approximate surface area is 50.8 Å². The molecule has 1 rings (SSSR count). The highest BCUT2D eigenvalue weighted by atomic mass is 14.9. The van der Waals surface area contributed by atoms with Crippen molar-refractivity contribution in [1.29, 1.82) is 0 Å². The Morgan fingerprint density at radius 2 is 2.50 bits per heavy atom. The molecule has 1 aliphatic heterocycles. The Morgan fingerprint density at radius 1 is 1.75 bits per heavy atom. The molecule has 0 aromatic heterocycles. The monoisotopic (exact) mass is 111 g/mol. The fourth-order valence-electron chi connectivity index (χ4n) is 1.10. The standard InChI is InChI=1S/C7H13N/c1-6-3-4-8-7(2)5-6/h7-8H,1,3-5H2,2H3. The van der Waals surface area contributed by atoms with Crippen LogP contribution in [0.15, 0.2) is 12.2 Å². The highest BCUT2D eigenvalue weighted by Crippen LogP contribution is 2.10. The molecule has 8 heavy (non-hydrogen) atoms. The molecule has 1 atom stereocenters. The van der Waals surface area contributed by atoms with Crippen LogP contribution in [0, 0.1) is 0 Å². The van der Waals surface area contributed by atoms with Gasteiger partial charge in [-0.1, -0.05) is 12.2 Å². The van der Waals surface area contributed by atoms with Gasteiger partial charge in [0.05, 0.1) is 0 Å². The van der Waals surface area contributed by atoms with Gasteiger partial charge in [-0.05, 0) is 26.3 Å². The van der Waals surface area contributed by atoms with Crippen LogP contribution in [-0.2, 0) is 0 Å². The van der Waals surface area contributed by atoms with E-state index in [2.05, 4.69) is 18.8 Å². The predicted molar refractivity (Wildman–Crippen MR) is 35.8 cm³/mol. The van der Waals surface area contributed by atoms with E-state index in [0.717, 1.165) is 6.54 Å². The Balaban J connectivity index is 2.34. The summed E-state index contributed by atoms with van der Waals surface area (Å²) in [7, 11) is 0. The molecule has 1 unspecified atom stereocenters. The summed E-state index contributed by atoms with van der Waals surface area (Å²) in [5.74, 6) is 0. The molecule has 46 valence electrons. The molecule has 0 saturated carbocycles. The van der Waals surface area contributed by atoms with Crippen molar-refractivity contribution in [2.24, 2.45) is 0 Å². The van der Waals surface area contributed by atoms with Crippen LogP contribution >= 0.6 is 0 Å². The summed E-state index contributed by atoms with van der Waals surface area (Å²) >= 11 is 0. The van der Waals surface area contributed by atoms with E-state index in [9.17, 15) is 0 Å². The highest BCUT2D eigenvalue weighted by molar-refractivity contribution is 5.00. The van der Waals surface area contributed by atoms with E-state index >= 15 is 0 Å². The lowest BCUT2D eigenvalue weighted by molar-refractivity contribution is 0.495. The van der Waals surface area contributed by atoms with Gasteiger partial charge in [0, 0.05) is 6.04 Å². The first-order chi connectivity index (χ1) is 3.79. The van der Waals surface area contributed by atoms with E-state index < -0.39 is 0 Å². The Hall–Kier alpha value is -0.300. The first kappa shape index (κ1) is 5.83. The third-order valence-electron chi connectivity index (χ3n) is 1.57. The van der Waals surface area contributed by atoms with Crippen LogP contribution in [0.4, 0.5) is 0 Å². The van der Waals surface area contributed by atoms with E-state index in [1.165, 1.54) is 18.4 Å². The fraction of sp³-hybridized carbons (Fsp3) is 0.714. The topological polar surface area (TPSA) is 12.0 Å². The van der Waals surface area contributed by atoms with Crippen LogP contribution in [-0.4, -0.2) is 12.6 Å². The molecule has 0 radical (unpaired) electrons. The van der Waals surface area contributed by atoms with Gasteiger partial charge < -0.3 is 5.32 Å². The zero-order valence-electron chi connectivity index (χ0n) is 5.41.